The Morgan fingerprint density at radius 2 is 2.11 bits per heavy atom. The molecule has 1 heterocycles. The first-order chi connectivity index (χ1) is 8.99. The predicted octanol–water partition coefficient (Wildman–Crippen LogP) is 1.07. The number of amides is 1. The van der Waals surface area contributed by atoms with Crippen LogP contribution < -0.4 is 11.5 Å². The normalized spacial score (nSPS) is 23.2. The van der Waals surface area contributed by atoms with E-state index in [2.05, 4.69) is 29.2 Å². The number of nitrogens with two attached hydrogens (primary N) is 2. The highest BCUT2D eigenvalue weighted by Gasteiger charge is 2.29. The number of rotatable bonds is 5. The summed E-state index contributed by atoms with van der Waals surface area (Å²) in [5.74, 6) is 0.171. The van der Waals surface area contributed by atoms with E-state index in [1.807, 2.05) is 6.07 Å². The fraction of sp³-hybridized carbons (Fsp3) is 0.533. The maximum Gasteiger partial charge on any atom is 0.237 e. The third-order valence-corrected chi connectivity index (χ3v) is 4.05. The molecule has 0 radical (unpaired) electrons. The fourth-order valence-electron chi connectivity index (χ4n) is 2.55. The molecule has 4 N–H and O–H groups in total. The van der Waals surface area contributed by atoms with Crippen molar-refractivity contribution in [2.24, 2.45) is 11.5 Å². The third kappa shape index (κ3) is 3.55. The van der Waals surface area contributed by atoms with Crippen molar-refractivity contribution in [2.75, 3.05) is 19.6 Å². The molecule has 0 aliphatic carbocycles. The Bertz CT molecular complexity index is 430. The molecule has 0 aromatic heterocycles. The summed E-state index contributed by atoms with van der Waals surface area (Å²) < 4.78 is 0. The predicted molar refractivity (Wildman–Crippen MR) is 76.6 cm³/mol. The quantitative estimate of drug-likeness (QED) is 0.832. The van der Waals surface area contributed by atoms with Crippen LogP contribution in [0.2, 0.25) is 0 Å². The van der Waals surface area contributed by atoms with E-state index >= 15 is 0 Å². The molecular formula is C15H23N3O. The molecule has 104 valence electrons. The summed E-state index contributed by atoms with van der Waals surface area (Å²) in [6.45, 7) is 4.65. The highest BCUT2D eigenvalue weighted by atomic mass is 16.1. The zero-order valence-corrected chi connectivity index (χ0v) is 11.5. The topological polar surface area (TPSA) is 72.3 Å². The van der Waals surface area contributed by atoms with E-state index in [4.69, 9.17) is 11.5 Å². The van der Waals surface area contributed by atoms with Gasteiger partial charge in [-0.2, -0.15) is 0 Å². The van der Waals surface area contributed by atoms with Crippen LogP contribution in [-0.2, 0) is 4.79 Å². The van der Waals surface area contributed by atoms with Crippen LogP contribution in [0.4, 0.5) is 0 Å². The zero-order valence-electron chi connectivity index (χ0n) is 11.5. The lowest BCUT2D eigenvalue weighted by Gasteiger charge is -2.24. The number of carbonyl (C=O) groups is 1. The van der Waals surface area contributed by atoms with Gasteiger partial charge < -0.3 is 16.4 Å². The number of nitrogens with zero attached hydrogens (tertiary/aromatic N) is 1. The van der Waals surface area contributed by atoms with Gasteiger partial charge in [-0.1, -0.05) is 30.3 Å². The minimum absolute atomic E-state index is 0.425. The summed E-state index contributed by atoms with van der Waals surface area (Å²) >= 11 is 0. The molecular weight excluding hydrogens is 238 g/mol. The molecule has 1 aromatic carbocycles. The van der Waals surface area contributed by atoms with Crippen LogP contribution in [0.5, 0.6) is 0 Å². The van der Waals surface area contributed by atoms with Gasteiger partial charge in [0.1, 0.15) is 0 Å². The van der Waals surface area contributed by atoms with Gasteiger partial charge in [-0.3, -0.25) is 4.79 Å². The Labute approximate surface area is 114 Å². The second-order valence-electron chi connectivity index (χ2n) is 5.73. The van der Waals surface area contributed by atoms with Crippen LogP contribution >= 0.6 is 0 Å². The molecule has 1 aliphatic heterocycles. The maximum atomic E-state index is 11.2. The number of likely N-dealkylation sites (tertiary alicyclic amines) is 1. The molecule has 1 aliphatic rings. The van der Waals surface area contributed by atoms with Crippen molar-refractivity contribution >= 4 is 5.91 Å². The summed E-state index contributed by atoms with van der Waals surface area (Å²) in [4.78, 5) is 13.6. The van der Waals surface area contributed by atoms with E-state index in [1.165, 1.54) is 12.0 Å². The van der Waals surface area contributed by atoms with E-state index in [1.54, 1.807) is 6.92 Å². The van der Waals surface area contributed by atoms with E-state index in [0.29, 0.717) is 12.3 Å². The van der Waals surface area contributed by atoms with Crippen LogP contribution in [0.25, 0.3) is 0 Å². The van der Waals surface area contributed by atoms with Crippen molar-refractivity contribution in [2.45, 2.75) is 31.2 Å². The minimum atomic E-state index is -0.898. The standard InChI is InChI=1S/C15H23N3O/c1-15(17,14(16)19)8-10-18-9-7-13(11-18)12-5-3-2-4-6-12/h2-6,13H,7-11,17H2,1H3,(H2,16,19). The van der Waals surface area contributed by atoms with Gasteiger partial charge in [-0.15, -0.1) is 0 Å². The summed E-state index contributed by atoms with van der Waals surface area (Å²) in [5, 5.41) is 0. The first-order valence-electron chi connectivity index (χ1n) is 6.85. The van der Waals surface area contributed by atoms with Crippen LogP contribution in [0.1, 0.15) is 31.2 Å². The van der Waals surface area contributed by atoms with Gasteiger partial charge in [0.05, 0.1) is 5.54 Å². The molecule has 0 bridgehead atoms. The molecule has 19 heavy (non-hydrogen) atoms. The molecule has 0 saturated carbocycles. The van der Waals surface area contributed by atoms with E-state index < -0.39 is 11.4 Å². The van der Waals surface area contributed by atoms with Crippen LogP contribution in [0.15, 0.2) is 30.3 Å². The van der Waals surface area contributed by atoms with Gasteiger partial charge in [0.25, 0.3) is 0 Å². The van der Waals surface area contributed by atoms with Crippen molar-refractivity contribution in [3.63, 3.8) is 0 Å². The van der Waals surface area contributed by atoms with Gasteiger partial charge >= 0.3 is 0 Å². The van der Waals surface area contributed by atoms with E-state index in [9.17, 15) is 4.79 Å². The molecule has 4 heteroatoms. The Kier molecular flexibility index (Phi) is 4.22. The number of carbonyl (C=O) groups excluding carboxylic acids is 1. The molecule has 1 amide bonds. The first kappa shape index (κ1) is 14.0. The number of hydrogen-bond acceptors (Lipinski definition) is 3. The second kappa shape index (κ2) is 5.72. The van der Waals surface area contributed by atoms with E-state index in [-0.39, 0.29) is 0 Å². The molecule has 1 saturated heterocycles. The Balaban J connectivity index is 1.85. The number of hydrogen-bond donors (Lipinski definition) is 2. The van der Waals surface area contributed by atoms with Crippen molar-refractivity contribution < 1.29 is 4.79 Å². The lowest BCUT2D eigenvalue weighted by atomic mass is 9.98. The Morgan fingerprint density at radius 1 is 1.42 bits per heavy atom. The van der Waals surface area contributed by atoms with Crippen molar-refractivity contribution in [1.82, 2.24) is 4.90 Å². The minimum Gasteiger partial charge on any atom is -0.368 e. The molecule has 1 fully saturated rings. The van der Waals surface area contributed by atoms with Crippen molar-refractivity contribution in [1.29, 1.82) is 0 Å². The number of primary amides is 1. The molecule has 1 aromatic rings. The summed E-state index contributed by atoms with van der Waals surface area (Å²) in [5.41, 5.74) is 11.7. The fourth-order valence-corrected chi connectivity index (χ4v) is 2.55. The number of benzene rings is 1. The zero-order chi connectivity index (χ0) is 13.9. The summed E-state index contributed by atoms with van der Waals surface area (Å²) in [6.07, 6.45) is 1.78. The highest BCUT2D eigenvalue weighted by molar-refractivity contribution is 5.83. The van der Waals surface area contributed by atoms with Crippen LogP contribution in [-0.4, -0.2) is 36.0 Å². The molecule has 0 spiro atoms. The van der Waals surface area contributed by atoms with Crippen molar-refractivity contribution in [3.8, 4) is 0 Å². The highest BCUT2D eigenvalue weighted by Crippen LogP contribution is 2.27. The second-order valence-corrected chi connectivity index (χ2v) is 5.73. The smallest absolute Gasteiger partial charge is 0.237 e. The van der Waals surface area contributed by atoms with Crippen LogP contribution in [0.3, 0.4) is 0 Å². The lowest BCUT2D eigenvalue weighted by molar-refractivity contribution is -0.122. The molecule has 2 atom stereocenters. The summed E-state index contributed by atoms with van der Waals surface area (Å²) in [7, 11) is 0. The van der Waals surface area contributed by atoms with Crippen molar-refractivity contribution in [3.05, 3.63) is 35.9 Å². The average Bonchev–Trinajstić information content (AvgIpc) is 2.86. The van der Waals surface area contributed by atoms with Gasteiger partial charge in [0, 0.05) is 13.1 Å². The largest absolute Gasteiger partial charge is 0.368 e. The Hall–Kier alpha value is -1.39. The lowest BCUT2D eigenvalue weighted by Crippen LogP contribution is -2.51. The van der Waals surface area contributed by atoms with Gasteiger partial charge in [0.15, 0.2) is 0 Å². The molecule has 2 unspecified atom stereocenters. The van der Waals surface area contributed by atoms with Gasteiger partial charge in [-0.05, 0) is 37.8 Å². The molecule has 2 rings (SSSR count). The maximum absolute atomic E-state index is 11.2. The molecule has 4 nitrogen and oxygen atoms in total. The van der Waals surface area contributed by atoms with Crippen LogP contribution in [0, 0.1) is 0 Å². The third-order valence-electron chi connectivity index (χ3n) is 4.05. The Morgan fingerprint density at radius 3 is 2.74 bits per heavy atom. The van der Waals surface area contributed by atoms with E-state index in [0.717, 1.165) is 19.6 Å². The average molecular weight is 261 g/mol. The monoisotopic (exact) mass is 261 g/mol. The van der Waals surface area contributed by atoms with Gasteiger partial charge in [0.2, 0.25) is 5.91 Å². The first-order valence-corrected chi connectivity index (χ1v) is 6.85. The summed E-state index contributed by atoms with van der Waals surface area (Å²) in [6, 6.07) is 10.6. The van der Waals surface area contributed by atoms with Gasteiger partial charge in [-0.25, -0.2) is 0 Å². The SMILES string of the molecule is CC(N)(CCN1CCC(c2ccccc2)C1)C(N)=O.